The molecule has 1 amide bonds. The lowest BCUT2D eigenvalue weighted by atomic mass is 9.77. The Kier molecular flexibility index (Phi) is 4.85. The average molecular weight is 267 g/mol. The third-order valence-electron chi connectivity index (χ3n) is 4.73. The van der Waals surface area contributed by atoms with E-state index in [1.54, 1.807) is 0 Å². The Labute approximate surface area is 117 Å². The van der Waals surface area contributed by atoms with Gasteiger partial charge in [-0.3, -0.25) is 9.69 Å². The van der Waals surface area contributed by atoms with Gasteiger partial charge in [-0.05, 0) is 57.7 Å². The van der Waals surface area contributed by atoms with E-state index < -0.39 is 0 Å². The van der Waals surface area contributed by atoms with Gasteiger partial charge in [0.15, 0.2) is 0 Å². The van der Waals surface area contributed by atoms with Gasteiger partial charge in [0, 0.05) is 12.6 Å². The van der Waals surface area contributed by atoms with Crippen molar-refractivity contribution in [2.24, 2.45) is 5.41 Å². The minimum absolute atomic E-state index is 0.0352. The molecule has 2 N–H and O–H groups in total. The first kappa shape index (κ1) is 14.8. The molecule has 0 aromatic heterocycles. The van der Waals surface area contributed by atoms with E-state index in [1.807, 2.05) is 0 Å². The Hall–Kier alpha value is -0.610. The summed E-state index contributed by atoms with van der Waals surface area (Å²) >= 11 is 0. The molecule has 0 spiro atoms. The topological polar surface area (TPSA) is 44.4 Å². The van der Waals surface area contributed by atoms with Crippen molar-refractivity contribution in [2.45, 2.75) is 58.5 Å². The molecular formula is C15H29N3O. The number of rotatable bonds is 4. The predicted molar refractivity (Wildman–Crippen MR) is 78.1 cm³/mol. The lowest BCUT2D eigenvalue weighted by Crippen LogP contribution is -2.56. The minimum atomic E-state index is -0.0352. The molecule has 0 aliphatic carbocycles. The van der Waals surface area contributed by atoms with Gasteiger partial charge in [0.25, 0.3) is 0 Å². The van der Waals surface area contributed by atoms with Crippen LogP contribution in [0.5, 0.6) is 0 Å². The van der Waals surface area contributed by atoms with Crippen LogP contribution in [0.1, 0.15) is 46.5 Å². The first-order valence-corrected chi connectivity index (χ1v) is 7.76. The molecule has 2 fully saturated rings. The van der Waals surface area contributed by atoms with Crippen LogP contribution in [0, 0.1) is 5.41 Å². The Morgan fingerprint density at radius 3 is 2.68 bits per heavy atom. The monoisotopic (exact) mass is 267 g/mol. The van der Waals surface area contributed by atoms with Gasteiger partial charge in [0.05, 0.1) is 6.04 Å². The maximum Gasteiger partial charge on any atom is 0.237 e. The third kappa shape index (κ3) is 3.69. The molecule has 2 rings (SSSR count). The van der Waals surface area contributed by atoms with Crippen LogP contribution in [0.2, 0.25) is 0 Å². The summed E-state index contributed by atoms with van der Waals surface area (Å²) in [7, 11) is 0. The van der Waals surface area contributed by atoms with E-state index in [9.17, 15) is 4.79 Å². The van der Waals surface area contributed by atoms with Crippen LogP contribution in [0.25, 0.3) is 0 Å². The Morgan fingerprint density at radius 1 is 1.37 bits per heavy atom. The van der Waals surface area contributed by atoms with Crippen molar-refractivity contribution in [2.75, 3.05) is 26.2 Å². The van der Waals surface area contributed by atoms with Gasteiger partial charge < -0.3 is 10.6 Å². The van der Waals surface area contributed by atoms with Gasteiger partial charge in [-0.2, -0.15) is 0 Å². The second kappa shape index (κ2) is 6.23. The summed E-state index contributed by atoms with van der Waals surface area (Å²) < 4.78 is 0. The minimum Gasteiger partial charge on any atom is -0.353 e. The largest absolute Gasteiger partial charge is 0.353 e. The number of hydrogen-bond donors (Lipinski definition) is 2. The molecule has 0 saturated carbocycles. The van der Waals surface area contributed by atoms with Gasteiger partial charge in [0.1, 0.15) is 0 Å². The standard InChI is InChI=1S/C15H29N3O/c1-12(18-9-4-5-10-18)11-17-14(19)13-15(2,3)7-6-8-16-13/h12-13,16H,4-11H2,1-3H3,(H,17,19). The lowest BCUT2D eigenvalue weighted by Gasteiger charge is -2.38. The summed E-state index contributed by atoms with van der Waals surface area (Å²) in [6.45, 7) is 10.7. The summed E-state index contributed by atoms with van der Waals surface area (Å²) in [5.74, 6) is 0.177. The predicted octanol–water partition coefficient (Wildman–Crippen LogP) is 1.37. The van der Waals surface area contributed by atoms with Crippen molar-refractivity contribution in [3.8, 4) is 0 Å². The van der Waals surface area contributed by atoms with E-state index in [4.69, 9.17) is 0 Å². The number of amides is 1. The van der Waals surface area contributed by atoms with Crippen molar-refractivity contribution in [1.82, 2.24) is 15.5 Å². The van der Waals surface area contributed by atoms with Gasteiger partial charge in [-0.1, -0.05) is 13.8 Å². The molecule has 2 unspecified atom stereocenters. The van der Waals surface area contributed by atoms with Gasteiger partial charge in [-0.15, -0.1) is 0 Å². The molecular weight excluding hydrogens is 238 g/mol. The van der Waals surface area contributed by atoms with Gasteiger partial charge in [-0.25, -0.2) is 0 Å². The maximum absolute atomic E-state index is 12.3. The number of nitrogens with zero attached hydrogens (tertiary/aromatic N) is 1. The number of carbonyl (C=O) groups is 1. The van der Waals surface area contributed by atoms with Crippen LogP contribution in [0.15, 0.2) is 0 Å². The van der Waals surface area contributed by atoms with Gasteiger partial charge >= 0.3 is 0 Å². The molecule has 110 valence electrons. The summed E-state index contributed by atoms with van der Waals surface area (Å²) in [4.78, 5) is 14.8. The number of piperidine rings is 1. The molecule has 2 atom stereocenters. The van der Waals surface area contributed by atoms with Crippen LogP contribution in [0.4, 0.5) is 0 Å². The molecule has 2 saturated heterocycles. The first-order valence-electron chi connectivity index (χ1n) is 7.76. The highest BCUT2D eigenvalue weighted by Gasteiger charge is 2.37. The van der Waals surface area contributed by atoms with Crippen molar-refractivity contribution < 1.29 is 4.79 Å². The van der Waals surface area contributed by atoms with Crippen molar-refractivity contribution >= 4 is 5.91 Å². The molecule has 19 heavy (non-hydrogen) atoms. The number of nitrogens with one attached hydrogen (secondary N) is 2. The van der Waals surface area contributed by atoms with Crippen LogP contribution < -0.4 is 10.6 Å². The quantitative estimate of drug-likeness (QED) is 0.808. The van der Waals surface area contributed by atoms with Gasteiger partial charge in [0.2, 0.25) is 5.91 Å². The summed E-state index contributed by atoms with van der Waals surface area (Å²) in [6.07, 6.45) is 4.89. The molecule has 4 nitrogen and oxygen atoms in total. The Bertz CT molecular complexity index is 311. The van der Waals surface area contributed by atoms with Crippen molar-refractivity contribution in [1.29, 1.82) is 0 Å². The second-order valence-corrected chi connectivity index (χ2v) is 6.82. The van der Waals surface area contributed by atoms with E-state index in [-0.39, 0.29) is 17.4 Å². The van der Waals surface area contributed by atoms with E-state index >= 15 is 0 Å². The van der Waals surface area contributed by atoms with Crippen molar-refractivity contribution in [3.05, 3.63) is 0 Å². The normalized spacial score (nSPS) is 29.1. The fourth-order valence-corrected chi connectivity index (χ4v) is 3.32. The molecule has 0 bridgehead atoms. The fraction of sp³-hybridized carbons (Fsp3) is 0.933. The zero-order chi connectivity index (χ0) is 13.9. The zero-order valence-corrected chi connectivity index (χ0v) is 12.7. The Balaban J connectivity index is 1.80. The number of carbonyl (C=O) groups excluding carboxylic acids is 1. The van der Waals surface area contributed by atoms with Crippen LogP contribution in [-0.4, -0.2) is 49.1 Å². The summed E-state index contributed by atoms with van der Waals surface area (Å²) in [5, 5.41) is 6.52. The van der Waals surface area contributed by atoms with E-state index in [2.05, 4.69) is 36.3 Å². The highest BCUT2D eigenvalue weighted by Crippen LogP contribution is 2.30. The molecule has 2 aliphatic rings. The zero-order valence-electron chi connectivity index (χ0n) is 12.7. The summed E-state index contributed by atoms with van der Waals surface area (Å²) in [5.41, 5.74) is 0.0687. The Morgan fingerprint density at radius 2 is 2.05 bits per heavy atom. The van der Waals surface area contributed by atoms with E-state index in [0.29, 0.717) is 6.04 Å². The van der Waals surface area contributed by atoms with Crippen molar-refractivity contribution in [3.63, 3.8) is 0 Å². The van der Waals surface area contributed by atoms with E-state index in [0.717, 1.165) is 19.5 Å². The summed E-state index contributed by atoms with van der Waals surface area (Å²) in [6, 6.07) is 0.421. The molecule has 2 aliphatic heterocycles. The van der Waals surface area contributed by atoms with Crippen LogP contribution in [-0.2, 0) is 4.79 Å². The maximum atomic E-state index is 12.3. The molecule has 4 heteroatoms. The highest BCUT2D eigenvalue weighted by atomic mass is 16.2. The number of likely N-dealkylation sites (tertiary alicyclic amines) is 1. The third-order valence-corrected chi connectivity index (χ3v) is 4.73. The smallest absolute Gasteiger partial charge is 0.237 e. The second-order valence-electron chi connectivity index (χ2n) is 6.82. The lowest BCUT2D eigenvalue weighted by molar-refractivity contribution is -0.127. The van der Waals surface area contributed by atoms with Crippen LogP contribution in [0.3, 0.4) is 0 Å². The highest BCUT2D eigenvalue weighted by molar-refractivity contribution is 5.82. The first-order chi connectivity index (χ1) is 9.00. The molecule has 0 aromatic rings. The average Bonchev–Trinajstić information content (AvgIpc) is 2.89. The molecule has 0 radical (unpaired) electrons. The number of hydrogen-bond acceptors (Lipinski definition) is 3. The van der Waals surface area contributed by atoms with Crippen LogP contribution >= 0.6 is 0 Å². The van der Waals surface area contributed by atoms with E-state index in [1.165, 1.54) is 32.4 Å². The molecule has 2 heterocycles. The molecule has 0 aromatic carbocycles. The fourth-order valence-electron chi connectivity index (χ4n) is 3.32. The SMILES string of the molecule is CC(CNC(=O)C1NCCCC1(C)C)N1CCCC1.